The van der Waals surface area contributed by atoms with Gasteiger partial charge < -0.3 is 10.2 Å². The van der Waals surface area contributed by atoms with Crippen molar-refractivity contribution < 1.29 is 4.42 Å². The SMILES string of the molecule is N=C(N)c1coc(=O)[nH]1. The number of oxazole rings is 1. The molecule has 1 aromatic heterocycles. The van der Waals surface area contributed by atoms with Gasteiger partial charge in [-0.2, -0.15) is 0 Å². The van der Waals surface area contributed by atoms with Gasteiger partial charge in [-0.15, -0.1) is 0 Å². The standard InChI is InChI=1S/C4H5N3O2/c5-3(6)2-1-9-4(8)7-2/h1H,(H3,5,6)(H,7,8). The molecule has 1 aromatic rings. The molecule has 0 aliphatic heterocycles. The van der Waals surface area contributed by atoms with Gasteiger partial charge in [-0.1, -0.05) is 0 Å². The summed E-state index contributed by atoms with van der Waals surface area (Å²) in [5, 5.41) is 6.80. The Bertz CT molecular complexity index is 271. The molecule has 0 aliphatic carbocycles. The van der Waals surface area contributed by atoms with Crippen molar-refractivity contribution >= 4 is 5.84 Å². The molecule has 0 spiro atoms. The molecular weight excluding hydrogens is 122 g/mol. The van der Waals surface area contributed by atoms with Crippen molar-refractivity contribution in [2.24, 2.45) is 5.73 Å². The molecule has 0 aromatic carbocycles. The van der Waals surface area contributed by atoms with Crippen LogP contribution in [0.25, 0.3) is 0 Å². The maximum Gasteiger partial charge on any atom is 0.416 e. The highest BCUT2D eigenvalue weighted by Gasteiger charge is 1.97. The van der Waals surface area contributed by atoms with E-state index in [4.69, 9.17) is 11.1 Å². The van der Waals surface area contributed by atoms with E-state index in [-0.39, 0.29) is 11.5 Å². The average Bonchev–Trinajstić information content (AvgIpc) is 2.14. The Kier molecular flexibility index (Phi) is 1.11. The molecule has 0 fully saturated rings. The van der Waals surface area contributed by atoms with Gasteiger partial charge in [0.05, 0.1) is 0 Å². The van der Waals surface area contributed by atoms with Crippen LogP contribution in [0.3, 0.4) is 0 Å². The summed E-state index contributed by atoms with van der Waals surface area (Å²) in [6.45, 7) is 0. The molecular formula is C4H5N3O2. The summed E-state index contributed by atoms with van der Waals surface area (Å²) in [5.74, 6) is -0.805. The van der Waals surface area contributed by atoms with E-state index in [2.05, 4.69) is 9.40 Å². The fraction of sp³-hybridized carbons (Fsp3) is 0. The van der Waals surface area contributed by atoms with Gasteiger partial charge in [0, 0.05) is 0 Å². The number of nitrogen functional groups attached to an aromatic ring is 1. The Morgan fingerprint density at radius 1 is 1.89 bits per heavy atom. The molecule has 48 valence electrons. The Labute approximate surface area is 50.0 Å². The fourth-order valence-corrected chi connectivity index (χ4v) is 0.412. The van der Waals surface area contributed by atoms with Gasteiger partial charge in [-0.25, -0.2) is 4.79 Å². The molecule has 0 saturated carbocycles. The lowest BCUT2D eigenvalue weighted by Gasteiger charge is -1.83. The number of hydrogen-bond acceptors (Lipinski definition) is 3. The normalized spacial score (nSPS) is 9.33. The van der Waals surface area contributed by atoms with Crippen molar-refractivity contribution in [1.29, 1.82) is 5.41 Å². The van der Waals surface area contributed by atoms with Crippen LogP contribution in [0, 0.1) is 5.41 Å². The molecule has 5 heteroatoms. The molecule has 0 aliphatic rings. The van der Waals surface area contributed by atoms with Crippen molar-refractivity contribution in [1.82, 2.24) is 4.98 Å². The van der Waals surface area contributed by atoms with Gasteiger partial charge in [-0.3, -0.25) is 10.4 Å². The summed E-state index contributed by atoms with van der Waals surface area (Å²) in [5.41, 5.74) is 5.19. The first kappa shape index (κ1) is 5.61. The molecule has 9 heavy (non-hydrogen) atoms. The Balaban J connectivity index is 3.12. The number of amidine groups is 1. The van der Waals surface area contributed by atoms with Crippen LogP contribution in [0.1, 0.15) is 5.69 Å². The third-order valence-corrected chi connectivity index (χ3v) is 0.811. The minimum absolute atomic E-state index is 0.208. The monoisotopic (exact) mass is 127 g/mol. The van der Waals surface area contributed by atoms with Gasteiger partial charge in [0.1, 0.15) is 17.8 Å². The fourth-order valence-electron chi connectivity index (χ4n) is 0.412. The highest BCUT2D eigenvalue weighted by molar-refractivity contribution is 5.92. The van der Waals surface area contributed by atoms with E-state index in [1.54, 1.807) is 0 Å². The minimum atomic E-state index is -0.597. The number of H-pyrrole nitrogens is 1. The summed E-state index contributed by atoms with van der Waals surface area (Å²) in [6.07, 6.45) is 1.10. The van der Waals surface area contributed by atoms with Crippen molar-refractivity contribution in [2.75, 3.05) is 0 Å². The summed E-state index contributed by atoms with van der Waals surface area (Å²) in [4.78, 5) is 12.4. The molecule has 0 bridgehead atoms. The van der Waals surface area contributed by atoms with Crippen LogP contribution >= 0.6 is 0 Å². The van der Waals surface area contributed by atoms with Crippen LogP contribution in [0.4, 0.5) is 0 Å². The van der Waals surface area contributed by atoms with Crippen molar-refractivity contribution in [3.63, 3.8) is 0 Å². The van der Waals surface area contributed by atoms with Crippen LogP contribution in [-0.4, -0.2) is 10.8 Å². The van der Waals surface area contributed by atoms with E-state index < -0.39 is 5.76 Å². The van der Waals surface area contributed by atoms with Gasteiger partial charge in [0.15, 0.2) is 0 Å². The van der Waals surface area contributed by atoms with Gasteiger partial charge in [0.2, 0.25) is 0 Å². The van der Waals surface area contributed by atoms with Crippen molar-refractivity contribution in [3.8, 4) is 0 Å². The van der Waals surface area contributed by atoms with Gasteiger partial charge in [-0.05, 0) is 0 Å². The van der Waals surface area contributed by atoms with E-state index in [1.165, 1.54) is 0 Å². The number of aromatic amines is 1. The number of rotatable bonds is 1. The Morgan fingerprint density at radius 3 is 2.78 bits per heavy atom. The van der Waals surface area contributed by atoms with E-state index >= 15 is 0 Å². The molecule has 0 unspecified atom stereocenters. The molecule has 4 N–H and O–H groups in total. The summed E-state index contributed by atoms with van der Waals surface area (Å²) in [7, 11) is 0. The molecule has 5 nitrogen and oxygen atoms in total. The molecule has 0 atom stereocenters. The number of nitrogens with one attached hydrogen (secondary N) is 2. The maximum absolute atomic E-state index is 10.2. The van der Waals surface area contributed by atoms with Crippen molar-refractivity contribution in [3.05, 3.63) is 22.5 Å². The quantitative estimate of drug-likeness (QED) is 0.342. The van der Waals surface area contributed by atoms with Crippen LogP contribution in [-0.2, 0) is 0 Å². The van der Waals surface area contributed by atoms with Gasteiger partial charge >= 0.3 is 5.76 Å². The zero-order valence-electron chi connectivity index (χ0n) is 4.47. The lowest BCUT2D eigenvalue weighted by Crippen LogP contribution is -2.12. The zero-order chi connectivity index (χ0) is 6.85. The minimum Gasteiger partial charge on any atom is -0.416 e. The van der Waals surface area contributed by atoms with Crippen LogP contribution in [0.5, 0.6) is 0 Å². The Hall–Kier alpha value is -1.52. The molecule has 0 amide bonds. The molecule has 0 saturated heterocycles. The number of hydrogen-bond donors (Lipinski definition) is 3. The average molecular weight is 127 g/mol. The second kappa shape index (κ2) is 1.77. The molecule has 1 rings (SSSR count). The highest BCUT2D eigenvalue weighted by Crippen LogP contribution is 1.84. The van der Waals surface area contributed by atoms with E-state index in [0.29, 0.717) is 0 Å². The summed E-state index contributed by atoms with van der Waals surface area (Å²) >= 11 is 0. The van der Waals surface area contributed by atoms with Gasteiger partial charge in [0.25, 0.3) is 0 Å². The predicted octanol–water partition coefficient (Wildman–Crippen LogP) is -0.748. The lowest BCUT2D eigenvalue weighted by molar-refractivity contribution is 0.515. The smallest absolute Gasteiger partial charge is 0.416 e. The number of aromatic nitrogens is 1. The van der Waals surface area contributed by atoms with E-state index in [9.17, 15) is 4.79 Å². The van der Waals surface area contributed by atoms with Crippen LogP contribution in [0.2, 0.25) is 0 Å². The van der Waals surface area contributed by atoms with Crippen LogP contribution < -0.4 is 11.5 Å². The summed E-state index contributed by atoms with van der Waals surface area (Å²) < 4.78 is 4.29. The number of nitrogens with two attached hydrogens (primary N) is 1. The third kappa shape index (κ3) is 0.987. The first-order valence-corrected chi connectivity index (χ1v) is 2.22. The third-order valence-electron chi connectivity index (χ3n) is 0.811. The lowest BCUT2D eigenvalue weighted by atomic mass is 10.5. The van der Waals surface area contributed by atoms with Crippen LogP contribution in [0.15, 0.2) is 15.5 Å². The molecule has 0 radical (unpaired) electrons. The second-order valence-electron chi connectivity index (χ2n) is 1.48. The van der Waals surface area contributed by atoms with Crippen molar-refractivity contribution in [2.45, 2.75) is 0 Å². The first-order chi connectivity index (χ1) is 4.20. The highest BCUT2D eigenvalue weighted by atomic mass is 16.4. The zero-order valence-corrected chi connectivity index (χ0v) is 4.47. The second-order valence-corrected chi connectivity index (χ2v) is 1.48. The largest absolute Gasteiger partial charge is 0.416 e. The first-order valence-electron chi connectivity index (χ1n) is 2.22. The predicted molar refractivity (Wildman–Crippen MR) is 30.3 cm³/mol. The summed E-state index contributed by atoms with van der Waals surface area (Å²) in [6, 6.07) is 0. The Morgan fingerprint density at radius 2 is 2.56 bits per heavy atom. The van der Waals surface area contributed by atoms with E-state index in [0.717, 1.165) is 6.26 Å². The van der Waals surface area contributed by atoms with E-state index in [1.807, 2.05) is 0 Å². The molecule has 1 heterocycles. The maximum atomic E-state index is 10.2. The topological polar surface area (TPSA) is 95.9 Å².